The molecule has 1 atom stereocenters. The minimum Gasteiger partial charge on any atom is -0.387 e. The van der Waals surface area contributed by atoms with Gasteiger partial charge in [0.25, 0.3) is 0 Å². The molecule has 0 fully saturated rings. The molecule has 6 heteroatoms. The summed E-state index contributed by atoms with van der Waals surface area (Å²) in [5.41, 5.74) is 0.475. The van der Waals surface area contributed by atoms with Crippen molar-refractivity contribution in [3.63, 3.8) is 0 Å². The Hall–Kier alpha value is -0.620. The molecule has 1 rings (SSSR count). The summed E-state index contributed by atoms with van der Waals surface area (Å²) < 4.78 is 21.3. The zero-order valence-corrected chi connectivity index (χ0v) is 8.79. The third kappa shape index (κ3) is 3.63. The maximum Gasteiger partial charge on any atom is 0.211 e. The number of benzene rings is 1. The summed E-state index contributed by atoms with van der Waals surface area (Å²) in [6.45, 7) is 0. The number of primary sulfonamides is 1. The zero-order valence-electron chi connectivity index (χ0n) is 7.22. The van der Waals surface area contributed by atoms with Crippen molar-refractivity contribution in [1.82, 2.24) is 0 Å². The second-order valence-electron chi connectivity index (χ2n) is 2.90. The highest BCUT2D eigenvalue weighted by Crippen LogP contribution is 2.16. The number of hydrogen-bond donors (Lipinski definition) is 2. The molecule has 0 aliphatic carbocycles. The van der Waals surface area contributed by atoms with Crippen molar-refractivity contribution in [2.75, 3.05) is 5.75 Å². The average molecular weight is 236 g/mol. The Morgan fingerprint density at radius 3 is 2.29 bits per heavy atom. The van der Waals surface area contributed by atoms with Crippen molar-refractivity contribution >= 4 is 21.6 Å². The first-order valence-corrected chi connectivity index (χ1v) is 5.92. The molecular weight excluding hydrogens is 226 g/mol. The fourth-order valence-electron chi connectivity index (χ4n) is 1.00. The average Bonchev–Trinajstić information content (AvgIpc) is 2.02. The molecule has 0 aromatic heterocycles. The van der Waals surface area contributed by atoms with Gasteiger partial charge in [0.1, 0.15) is 0 Å². The zero-order chi connectivity index (χ0) is 10.8. The van der Waals surface area contributed by atoms with Crippen LogP contribution in [0.25, 0.3) is 0 Å². The van der Waals surface area contributed by atoms with Crippen molar-refractivity contribution in [2.45, 2.75) is 6.10 Å². The van der Waals surface area contributed by atoms with Gasteiger partial charge in [-0.2, -0.15) is 0 Å². The van der Waals surface area contributed by atoms with Gasteiger partial charge in [0.15, 0.2) is 0 Å². The molecule has 14 heavy (non-hydrogen) atoms. The Kier molecular flexibility index (Phi) is 3.49. The lowest BCUT2D eigenvalue weighted by molar-refractivity contribution is 0.201. The van der Waals surface area contributed by atoms with E-state index in [0.29, 0.717) is 10.6 Å². The van der Waals surface area contributed by atoms with Crippen LogP contribution in [-0.4, -0.2) is 19.3 Å². The lowest BCUT2D eigenvalue weighted by atomic mass is 10.1. The van der Waals surface area contributed by atoms with Crippen LogP contribution < -0.4 is 5.14 Å². The standard InChI is InChI=1S/C8H10ClNO3S/c9-7-3-1-6(2-4-7)8(11)5-14(10,12)13/h1-4,8,11H,5H2,(H2,10,12,13). The Morgan fingerprint density at radius 1 is 1.36 bits per heavy atom. The number of aliphatic hydroxyl groups excluding tert-OH is 1. The van der Waals surface area contributed by atoms with E-state index in [9.17, 15) is 13.5 Å². The third-order valence-electron chi connectivity index (χ3n) is 1.64. The van der Waals surface area contributed by atoms with E-state index in [1.165, 1.54) is 0 Å². The van der Waals surface area contributed by atoms with E-state index in [1.54, 1.807) is 24.3 Å². The van der Waals surface area contributed by atoms with Crippen LogP contribution in [0.3, 0.4) is 0 Å². The van der Waals surface area contributed by atoms with Gasteiger partial charge in [0.05, 0.1) is 11.9 Å². The maximum absolute atomic E-state index is 10.7. The first-order valence-electron chi connectivity index (χ1n) is 3.82. The Balaban J connectivity index is 2.80. The third-order valence-corrected chi connectivity index (χ3v) is 2.68. The van der Waals surface area contributed by atoms with E-state index in [0.717, 1.165) is 0 Å². The van der Waals surface area contributed by atoms with Crippen LogP contribution in [0.4, 0.5) is 0 Å². The van der Waals surface area contributed by atoms with Crippen molar-refractivity contribution in [1.29, 1.82) is 0 Å². The van der Waals surface area contributed by atoms with Crippen molar-refractivity contribution in [3.8, 4) is 0 Å². The van der Waals surface area contributed by atoms with Gasteiger partial charge in [-0.15, -0.1) is 0 Å². The lowest BCUT2D eigenvalue weighted by Crippen LogP contribution is -2.21. The molecular formula is C8H10ClNO3S. The lowest BCUT2D eigenvalue weighted by Gasteiger charge is -2.08. The van der Waals surface area contributed by atoms with Crippen LogP contribution >= 0.6 is 11.6 Å². The molecule has 0 bridgehead atoms. The molecule has 0 saturated heterocycles. The van der Waals surface area contributed by atoms with Crippen LogP contribution in [0.1, 0.15) is 11.7 Å². The van der Waals surface area contributed by atoms with Gasteiger partial charge in [-0.1, -0.05) is 23.7 Å². The number of rotatable bonds is 3. The molecule has 0 aliphatic heterocycles. The molecule has 0 heterocycles. The Labute approximate surface area is 87.4 Å². The van der Waals surface area contributed by atoms with Crippen molar-refractivity contribution in [2.24, 2.45) is 5.14 Å². The van der Waals surface area contributed by atoms with Gasteiger partial charge >= 0.3 is 0 Å². The maximum atomic E-state index is 10.7. The van der Waals surface area contributed by atoms with Crippen LogP contribution in [0.15, 0.2) is 24.3 Å². The largest absolute Gasteiger partial charge is 0.387 e. The minimum atomic E-state index is -3.66. The molecule has 0 amide bonds. The summed E-state index contributed by atoms with van der Waals surface area (Å²) in [5, 5.41) is 14.8. The smallest absolute Gasteiger partial charge is 0.211 e. The molecule has 78 valence electrons. The van der Waals surface area contributed by atoms with E-state index in [1.807, 2.05) is 0 Å². The van der Waals surface area contributed by atoms with Gasteiger partial charge < -0.3 is 5.11 Å². The monoisotopic (exact) mass is 235 g/mol. The van der Waals surface area contributed by atoms with Gasteiger partial charge in [-0.3, -0.25) is 0 Å². The molecule has 3 N–H and O–H groups in total. The van der Waals surface area contributed by atoms with Gasteiger partial charge in [-0.25, -0.2) is 13.6 Å². The summed E-state index contributed by atoms with van der Waals surface area (Å²) in [4.78, 5) is 0. The normalized spacial score (nSPS) is 13.9. The number of nitrogens with two attached hydrogens (primary N) is 1. The summed E-state index contributed by atoms with van der Waals surface area (Å²) in [5.74, 6) is -0.491. The number of sulfonamides is 1. The first-order chi connectivity index (χ1) is 6.38. The minimum absolute atomic E-state index is 0.475. The quantitative estimate of drug-likeness (QED) is 0.808. The van der Waals surface area contributed by atoms with Crippen LogP contribution in [0.5, 0.6) is 0 Å². The number of hydrogen-bond acceptors (Lipinski definition) is 3. The predicted octanol–water partition coefficient (Wildman–Crippen LogP) is 0.662. The molecule has 0 saturated carbocycles. The van der Waals surface area contributed by atoms with Crippen molar-refractivity contribution < 1.29 is 13.5 Å². The molecule has 1 aromatic carbocycles. The van der Waals surface area contributed by atoms with E-state index in [2.05, 4.69) is 0 Å². The SMILES string of the molecule is NS(=O)(=O)CC(O)c1ccc(Cl)cc1. The Bertz CT molecular complexity index is 401. The van der Waals surface area contributed by atoms with E-state index >= 15 is 0 Å². The molecule has 0 aliphatic rings. The van der Waals surface area contributed by atoms with E-state index < -0.39 is 21.9 Å². The highest BCUT2D eigenvalue weighted by molar-refractivity contribution is 7.89. The topological polar surface area (TPSA) is 80.4 Å². The summed E-state index contributed by atoms with van der Waals surface area (Å²) in [7, 11) is -3.66. The van der Waals surface area contributed by atoms with Gasteiger partial charge in [0, 0.05) is 5.02 Å². The molecule has 0 radical (unpaired) electrons. The van der Waals surface area contributed by atoms with Gasteiger partial charge in [0.2, 0.25) is 10.0 Å². The molecule has 1 unspecified atom stereocenters. The highest BCUT2D eigenvalue weighted by Gasteiger charge is 2.14. The number of aliphatic hydroxyl groups is 1. The summed E-state index contributed by atoms with van der Waals surface area (Å²) in [6.07, 6.45) is -1.11. The first kappa shape index (κ1) is 11.5. The fourth-order valence-corrected chi connectivity index (χ4v) is 1.76. The highest BCUT2D eigenvalue weighted by atomic mass is 35.5. The predicted molar refractivity (Wildman–Crippen MR) is 54.4 cm³/mol. The van der Waals surface area contributed by atoms with Crippen LogP contribution in [0.2, 0.25) is 5.02 Å². The van der Waals surface area contributed by atoms with E-state index in [-0.39, 0.29) is 0 Å². The van der Waals surface area contributed by atoms with Crippen molar-refractivity contribution in [3.05, 3.63) is 34.9 Å². The molecule has 4 nitrogen and oxygen atoms in total. The van der Waals surface area contributed by atoms with E-state index in [4.69, 9.17) is 16.7 Å². The number of halogens is 1. The fraction of sp³-hybridized carbons (Fsp3) is 0.250. The Morgan fingerprint density at radius 2 is 1.86 bits per heavy atom. The van der Waals surface area contributed by atoms with Crippen LogP contribution in [-0.2, 0) is 10.0 Å². The second-order valence-corrected chi connectivity index (χ2v) is 4.99. The second kappa shape index (κ2) is 4.27. The summed E-state index contributed by atoms with van der Waals surface area (Å²) in [6, 6.07) is 6.25. The van der Waals surface area contributed by atoms with Gasteiger partial charge in [-0.05, 0) is 17.7 Å². The van der Waals surface area contributed by atoms with Crippen LogP contribution in [0, 0.1) is 0 Å². The molecule has 1 aromatic rings. The summed E-state index contributed by atoms with van der Waals surface area (Å²) >= 11 is 5.62. The molecule has 0 spiro atoms.